The molecule has 0 radical (unpaired) electrons. The van der Waals surface area contributed by atoms with E-state index < -0.39 is 6.61 Å². The number of fused-ring (bicyclic) bond motifs is 1. The number of anilines is 1. The summed E-state index contributed by atoms with van der Waals surface area (Å²) in [5.74, 6) is 0.0297. The minimum absolute atomic E-state index is 0.161. The Labute approximate surface area is 211 Å². The number of hydrogen-bond acceptors (Lipinski definition) is 6. The monoisotopic (exact) mass is 499 g/mol. The normalized spacial score (nSPS) is 11.2. The number of nitrogens with two attached hydrogens (primary N) is 1. The zero-order chi connectivity index (χ0) is 25.2. The molecule has 8 nitrogen and oxygen atoms in total. The number of hydrogen-bond donors (Lipinski definition) is 2. The zero-order valence-electron chi connectivity index (χ0n) is 19.1. The molecule has 0 aliphatic rings. The highest BCUT2D eigenvalue weighted by Gasteiger charge is 2.13. The van der Waals surface area contributed by atoms with Gasteiger partial charge in [-0.2, -0.15) is 5.10 Å². The molecular formula is C27H22ClN5O3. The van der Waals surface area contributed by atoms with Gasteiger partial charge in [-0.05, 0) is 47.5 Å². The van der Waals surface area contributed by atoms with Crippen molar-refractivity contribution in [2.24, 2.45) is 0 Å². The van der Waals surface area contributed by atoms with Gasteiger partial charge in [-0.25, -0.2) is 9.67 Å². The van der Waals surface area contributed by atoms with E-state index in [1.807, 2.05) is 41.0 Å². The maximum atomic E-state index is 12.5. The Hall–Kier alpha value is -4.27. The maximum Gasteiger partial charge on any atom is 0.267 e. The van der Waals surface area contributed by atoms with E-state index in [1.54, 1.807) is 36.4 Å². The van der Waals surface area contributed by atoms with Crippen LogP contribution in [0, 0.1) is 0 Å². The molecule has 3 aromatic carbocycles. The first-order valence-corrected chi connectivity index (χ1v) is 11.6. The lowest BCUT2D eigenvalue weighted by Crippen LogP contribution is -2.23. The summed E-state index contributed by atoms with van der Waals surface area (Å²) in [5.41, 5.74) is 10.9. The lowest BCUT2D eigenvalue weighted by atomic mass is 10.1. The van der Waals surface area contributed by atoms with Crippen LogP contribution in [0.2, 0.25) is 5.02 Å². The van der Waals surface area contributed by atoms with E-state index >= 15 is 0 Å². The Kier molecular flexibility index (Phi) is 6.37. The molecule has 0 unspecified atom stereocenters. The molecule has 180 valence electrons. The summed E-state index contributed by atoms with van der Waals surface area (Å²) in [7, 11) is 0. The van der Waals surface area contributed by atoms with Crippen LogP contribution in [0.15, 0.2) is 83.7 Å². The van der Waals surface area contributed by atoms with E-state index in [0.29, 0.717) is 39.9 Å². The van der Waals surface area contributed by atoms with Crippen molar-refractivity contribution in [1.29, 1.82) is 0 Å². The number of carbonyl (C=O) groups excluding carboxylic acids is 1. The van der Waals surface area contributed by atoms with Gasteiger partial charge in [-0.3, -0.25) is 9.59 Å². The number of aliphatic hydroxyl groups is 1. The topological polar surface area (TPSA) is 116 Å². The lowest BCUT2D eigenvalue weighted by molar-refractivity contribution is 0.0903. The van der Waals surface area contributed by atoms with Crippen LogP contribution in [0.5, 0.6) is 0 Å². The zero-order valence-corrected chi connectivity index (χ0v) is 19.9. The van der Waals surface area contributed by atoms with Gasteiger partial charge in [0.05, 0.1) is 34.8 Å². The summed E-state index contributed by atoms with van der Waals surface area (Å²) in [4.78, 5) is 28.8. The standard InChI is InChI=1S/C27H22ClN5O3/c28-21-9-8-18(14-32-24-7-2-1-6-23(24)30-27(32)29)13-20(21)22-10-11-26(36)33(31-22)15-17-4-3-5-19(12-17)25(35)16-34/h1-13,34H,14-16H2,(H2,29,30). The van der Waals surface area contributed by atoms with Crippen molar-refractivity contribution in [3.05, 3.63) is 111 Å². The van der Waals surface area contributed by atoms with Gasteiger partial charge in [0.25, 0.3) is 5.56 Å². The van der Waals surface area contributed by atoms with Gasteiger partial charge < -0.3 is 15.4 Å². The van der Waals surface area contributed by atoms with Gasteiger partial charge in [-0.15, -0.1) is 0 Å². The Morgan fingerprint density at radius 2 is 1.75 bits per heavy atom. The Morgan fingerprint density at radius 3 is 2.58 bits per heavy atom. The molecule has 5 aromatic rings. The second-order valence-corrected chi connectivity index (χ2v) is 8.76. The minimum atomic E-state index is -0.577. The summed E-state index contributed by atoms with van der Waals surface area (Å²) < 4.78 is 3.25. The van der Waals surface area contributed by atoms with E-state index in [9.17, 15) is 9.59 Å². The van der Waals surface area contributed by atoms with Gasteiger partial charge >= 0.3 is 0 Å². The number of nitrogen functional groups attached to an aromatic ring is 1. The fourth-order valence-electron chi connectivity index (χ4n) is 4.12. The first-order chi connectivity index (χ1) is 17.4. The highest BCUT2D eigenvalue weighted by atomic mass is 35.5. The maximum absolute atomic E-state index is 12.5. The number of halogens is 1. The SMILES string of the molecule is Nc1nc2ccccc2n1Cc1ccc(Cl)c(-c2ccc(=O)n(Cc3cccc(C(=O)CO)c3)n2)c1. The summed E-state index contributed by atoms with van der Waals surface area (Å²) in [5, 5.41) is 14.2. The smallest absolute Gasteiger partial charge is 0.267 e. The highest BCUT2D eigenvalue weighted by molar-refractivity contribution is 6.33. The van der Waals surface area contributed by atoms with E-state index in [2.05, 4.69) is 10.1 Å². The van der Waals surface area contributed by atoms with Crippen molar-refractivity contribution < 1.29 is 9.90 Å². The van der Waals surface area contributed by atoms with E-state index in [0.717, 1.165) is 16.6 Å². The Bertz CT molecular complexity index is 1660. The van der Waals surface area contributed by atoms with Crippen LogP contribution in [0.25, 0.3) is 22.3 Å². The number of Topliss-reactive ketones (excluding diaryl/α,β-unsaturated/α-hetero) is 1. The van der Waals surface area contributed by atoms with Crippen LogP contribution < -0.4 is 11.3 Å². The molecule has 0 saturated heterocycles. The van der Waals surface area contributed by atoms with Crippen LogP contribution in [-0.4, -0.2) is 36.8 Å². The molecule has 36 heavy (non-hydrogen) atoms. The van der Waals surface area contributed by atoms with Crippen molar-refractivity contribution >= 4 is 34.4 Å². The number of nitrogens with zero attached hydrogens (tertiary/aromatic N) is 4. The van der Waals surface area contributed by atoms with Gasteiger partial charge in [-0.1, -0.05) is 48.0 Å². The molecule has 2 heterocycles. The van der Waals surface area contributed by atoms with E-state index in [1.165, 1.54) is 10.7 Å². The van der Waals surface area contributed by atoms with Crippen molar-refractivity contribution in [2.75, 3.05) is 12.3 Å². The molecule has 3 N–H and O–H groups in total. The second-order valence-electron chi connectivity index (χ2n) is 8.36. The molecule has 0 aliphatic carbocycles. The third kappa shape index (κ3) is 4.64. The van der Waals surface area contributed by atoms with Crippen LogP contribution in [0.3, 0.4) is 0 Å². The third-order valence-electron chi connectivity index (χ3n) is 5.92. The Morgan fingerprint density at radius 1 is 0.944 bits per heavy atom. The number of benzene rings is 3. The molecule has 0 bridgehead atoms. The average Bonchev–Trinajstić information content (AvgIpc) is 3.21. The largest absolute Gasteiger partial charge is 0.388 e. The van der Waals surface area contributed by atoms with Crippen molar-refractivity contribution in [2.45, 2.75) is 13.1 Å². The van der Waals surface area contributed by atoms with Gasteiger partial charge in [0.2, 0.25) is 5.95 Å². The molecule has 0 aliphatic heterocycles. The number of imidazole rings is 1. The first-order valence-electron chi connectivity index (χ1n) is 11.2. The molecular weight excluding hydrogens is 478 g/mol. The van der Waals surface area contributed by atoms with E-state index in [4.69, 9.17) is 22.4 Å². The number of ketones is 1. The number of aliphatic hydroxyl groups excluding tert-OH is 1. The summed E-state index contributed by atoms with van der Waals surface area (Å²) in [6.07, 6.45) is 0. The number of carbonyl (C=O) groups is 1. The van der Waals surface area contributed by atoms with Gasteiger partial charge in [0, 0.05) is 17.2 Å². The molecule has 2 aromatic heterocycles. The third-order valence-corrected chi connectivity index (χ3v) is 6.25. The number of rotatable bonds is 7. The predicted molar refractivity (Wildman–Crippen MR) is 139 cm³/mol. The molecule has 0 saturated carbocycles. The minimum Gasteiger partial charge on any atom is -0.388 e. The highest BCUT2D eigenvalue weighted by Crippen LogP contribution is 2.28. The quantitative estimate of drug-likeness (QED) is 0.329. The van der Waals surface area contributed by atoms with E-state index in [-0.39, 0.29) is 17.9 Å². The Balaban J connectivity index is 1.48. The molecule has 0 spiro atoms. The van der Waals surface area contributed by atoms with Gasteiger partial charge in [0.15, 0.2) is 5.78 Å². The number of aromatic nitrogens is 4. The predicted octanol–water partition coefficient (Wildman–Crippen LogP) is 3.77. The summed E-state index contributed by atoms with van der Waals surface area (Å²) >= 11 is 6.53. The molecule has 0 fully saturated rings. The molecule has 9 heteroatoms. The van der Waals surface area contributed by atoms with Crippen LogP contribution in [-0.2, 0) is 13.1 Å². The average molecular weight is 500 g/mol. The number of para-hydroxylation sites is 2. The van der Waals surface area contributed by atoms with Crippen molar-refractivity contribution in [3.8, 4) is 11.3 Å². The lowest BCUT2D eigenvalue weighted by Gasteiger charge is -2.12. The fourth-order valence-corrected chi connectivity index (χ4v) is 4.34. The van der Waals surface area contributed by atoms with Crippen LogP contribution in [0.1, 0.15) is 21.5 Å². The fraction of sp³-hybridized carbons (Fsp3) is 0.111. The van der Waals surface area contributed by atoms with Crippen LogP contribution in [0.4, 0.5) is 5.95 Å². The second kappa shape index (κ2) is 9.77. The van der Waals surface area contributed by atoms with Gasteiger partial charge in [0.1, 0.15) is 6.61 Å². The van der Waals surface area contributed by atoms with Crippen molar-refractivity contribution in [1.82, 2.24) is 19.3 Å². The molecule has 5 rings (SSSR count). The molecule has 0 amide bonds. The first kappa shape index (κ1) is 23.5. The van der Waals surface area contributed by atoms with Crippen molar-refractivity contribution in [3.63, 3.8) is 0 Å². The van der Waals surface area contributed by atoms with Crippen LogP contribution >= 0.6 is 11.6 Å². The summed E-state index contributed by atoms with van der Waals surface area (Å²) in [6, 6.07) is 23.2. The molecule has 0 atom stereocenters. The summed E-state index contributed by atoms with van der Waals surface area (Å²) in [6.45, 7) is 0.0718.